The van der Waals surface area contributed by atoms with Crippen molar-refractivity contribution >= 4 is 50.5 Å². The van der Waals surface area contributed by atoms with Crippen molar-refractivity contribution in [1.29, 1.82) is 0 Å². The zero-order valence-electron chi connectivity index (χ0n) is 9.01. The van der Waals surface area contributed by atoms with Gasteiger partial charge in [0.15, 0.2) is 0 Å². The molecule has 2 aromatic rings. The number of hydrogen-bond donors (Lipinski definition) is 1. The molecule has 0 aliphatic heterocycles. The van der Waals surface area contributed by atoms with Gasteiger partial charge in [-0.15, -0.1) is 11.3 Å². The molecule has 0 spiro atoms. The van der Waals surface area contributed by atoms with Gasteiger partial charge < -0.3 is 5.73 Å². The summed E-state index contributed by atoms with van der Waals surface area (Å²) in [5, 5.41) is 0.671. The Morgan fingerprint density at radius 3 is 2.47 bits per heavy atom. The van der Waals surface area contributed by atoms with Crippen LogP contribution < -0.4 is 5.73 Å². The van der Waals surface area contributed by atoms with Crippen LogP contribution in [0.1, 0.15) is 22.0 Å². The van der Waals surface area contributed by atoms with Crippen molar-refractivity contribution in [2.75, 3.05) is 0 Å². The summed E-state index contributed by atoms with van der Waals surface area (Å²) in [4.78, 5) is 1.04. The van der Waals surface area contributed by atoms with Crippen LogP contribution in [-0.2, 0) is 0 Å². The highest BCUT2D eigenvalue weighted by Gasteiger charge is 2.14. The molecule has 0 fully saturated rings. The van der Waals surface area contributed by atoms with Gasteiger partial charge in [-0.2, -0.15) is 0 Å². The van der Waals surface area contributed by atoms with Crippen molar-refractivity contribution in [3.05, 3.63) is 54.1 Å². The summed E-state index contributed by atoms with van der Waals surface area (Å²) in [5.74, 6) is 0. The molecule has 1 aromatic heterocycles. The minimum Gasteiger partial charge on any atom is -0.320 e. The van der Waals surface area contributed by atoms with Gasteiger partial charge in [0.05, 0.1) is 10.4 Å². The SMILES string of the molecule is Cc1cc(C(N)c2cc(Cl)cc(Br)c2)sc1Cl. The number of aryl methyl sites for hydroxylation is 1. The largest absolute Gasteiger partial charge is 0.320 e. The van der Waals surface area contributed by atoms with E-state index in [1.807, 2.05) is 31.2 Å². The monoisotopic (exact) mass is 349 g/mol. The fourth-order valence-electron chi connectivity index (χ4n) is 1.56. The number of benzene rings is 1. The van der Waals surface area contributed by atoms with Crippen LogP contribution in [0.4, 0.5) is 0 Å². The quantitative estimate of drug-likeness (QED) is 0.793. The fourth-order valence-corrected chi connectivity index (χ4v) is 3.69. The minimum atomic E-state index is -0.193. The summed E-state index contributed by atoms with van der Waals surface area (Å²) in [7, 11) is 0. The van der Waals surface area contributed by atoms with E-state index in [1.54, 1.807) is 0 Å². The smallest absolute Gasteiger partial charge is 0.0961 e. The lowest BCUT2D eigenvalue weighted by Gasteiger charge is -2.11. The molecule has 1 aromatic carbocycles. The van der Waals surface area contributed by atoms with E-state index in [0.717, 1.165) is 24.8 Å². The number of hydrogen-bond acceptors (Lipinski definition) is 2. The van der Waals surface area contributed by atoms with Crippen molar-refractivity contribution in [3.63, 3.8) is 0 Å². The van der Waals surface area contributed by atoms with Gasteiger partial charge in [0.25, 0.3) is 0 Å². The maximum Gasteiger partial charge on any atom is 0.0961 e. The van der Waals surface area contributed by atoms with E-state index < -0.39 is 0 Å². The lowest BCUT2D eigenvalue weighted by Crippen LogP contribution is -2.10. The van der Waals surface area contributed by atoms with E-state index >= 15 is 0 Å². The van der Waals surface area contributed by atoms with E-state index in [2.05, 4.69) is 15.9 Å². The first-order valence-corrected chi connectivity index (χ1v) is 7.31. The molecule has 2 N–H and O–H groups in total. The third-order valence-corrected chi connectivity index (χ3v) is 4.74. The van der Waals surface area contributed by atoms with Gasteiger partial charge in [0.2, 0.25) is 0 Å². The maximum atomic E-state index is 6.21. The predicted molar refractivity (Wildman–Crippen MR) is 79.2 cm³/mol. The van der Waals surface area contributed by atoms with Crippen LogP contribution >= 0.6 is 50.5 Å². The van der Waals surface area contributed by atoms with Gasteiger partial charge in [-0.3, -0.25) is 0 Å². The molecule has 0 aliphatic carbocycles. The second-order valence-electron chi connectivity index (χ2n) is 3.79. The Hall–Kier alpha value is -0.0600. The second kappa shape index (κ2) is 5.29. The highest BCUT2D eigenvalue weighted by atomic mass is 79.9. The Kier molecular flexibility index (Phi) is 4.16. The first-order valence-electron chi connectivity index (χ1n) is 4.95. The van der Waals surface area contributed by atoms with Crippen LogP contribution in [-0.4, -0.2) is 0 Å². The average molecular weight is 351 g/mol. The Labute approximate surface area is 123 Å². The molecule has 0 amide bonds. The first kappa shape index (κ1) is 13.4. The third kappa shape index (κ3) is 3.04. The molecule has 1 heterocycles. The van der Waals surface area contributed by atoms with Crippen LogP contribution in [0, 0.1) is 6.92 Å². The lowest BCUT2D eigenvalue weighted by atomic mass is 10.1. The highest BCUT2D eigenvalue weighted by Crippen LogP contribution is 2.34. The van der Waals surface area contributed by atoms with E-state index in [0.29, 0.717) is 5.02 Å². The summed E-state index contributed by atoms with van der Waals surface area (Å²) in [6.45, 7) is 1.98. The Morgan fingerprint density at radius 1 is 1.24 bits per heavy atom. The summed E-state index contributed by atoms with van der Waals surface area (Å²) in [5.41, 5.74) is 8.24. The van der Waals surface area contributed by atoms with Crippen molar-refractivity contribution < 1.29 is 0 Å². The first-order chi connectivity index (χ1) is 7.97. The van der Waals surface area contributed by atoms with Crippen molar-refractivity contribution in [2.24, 2.45) is 5.73 Å². The second-order valence-corrected chi connectivity index (χ2v) is 6.82. The molecule has 17 heavy (non-hydrogen) atoms. The molecule has 2 rings (SSSR count). The molecule has 0 saturated carbocycles. The zero-order chi connectivity index (χ0) is 12.6. The van der Waals surface area contributed by atoms with Crippen LogP contribution in [0.5, 0.6) is 0 Å². The number of nitrogens with two attached hydrogens (primary N) is 1. The highest BCUT2D eigenvalue weighted by molar-refractivity contribution is 9.10. The lowest BCUT2D eigenvalue weighted by molar-refractivity contribution is 0.891. The van der Waals surface area contributed by atoms with Crippen LogP contribution in [0.2, 0.25) is 9.36 Å². The zero-order valence-corrected chi connectivity index (χ0v) is 12.9. The molecule has 0 saturated heterocycles. The van der Waals surface area contributed by atoms with E-state index in [9.17, 15) is 0 Å². The summed E-state index contributed by atoms with van der Waals surface area (Å²) < 4.78 is 1.71. The maximum absolute atomic E-state index is 6.21. The van der Waals surface area contributed by atoms with E-state index in [4.69, 9.17) is 28.9 Å². The Balaban J connectivity index is 2.39. The predicted octanol–water partition coefficient (Wildman–Crippen LogP) is 5.17. The molecule has 1 atom stereocenters. The molecular formula is C12H10BrCl2NS. The molecule has 5 heteroatoms. The standard InChI is InChI=1S/C12H10BrCl2NS/c1-6-2-10(17-12(6)15)11(16)7-3-8(13)5-9(14)4-7/h2-5,11H,16H2,1H3. The number of halogens is 3. The molecule has 0 radical (unpaired) electrons. The summed E-state index contributed by atoms with van der Waals surface area (Å²) in [6, 6.07) is 7.51. The van der Waals surface area contributed by atoms with E-state index in [1.165, 1.54) is 11.3 Å². The van der Waals surface area contributed by atoms with Gasteiger partial charge in [-0.05, 0) is 42.3 Å². The topological polar surface area (TPSA) is 26.0 Å². The summed E-state index contributed by atoms with van der Waals surface area (Å²) in [6.07, 6.45) is 0. The van der Waals surface area contributed by atoms with Gasteiger partial charge in [0.1, 0.15) is 0 Å². The summed E-state index contributed by atoms with van der Waals surface area (Å²) >= 11 is 17.0. The van der Waals surface area contributed by atoms with Crippen LogP contribution in [0.15, 0.2) is 28.7 Å². The molecule has 0 bridgehead atoms. The normalized spacial score (nSPS) is 12.8. The van der Waals surface area contributed by atoms with Crippen molar-refractivity contribution in [2.45, 2.75) is 13.0 Å². The van der Waals surface area contributed by atoms with E-state index in [-0.39, 0.29) is 6.04 Å². The Bertz CT molecular complexity index is 514. The van der Waals surface area contributed by atoms with Gasteiger partial charge in [0, 0.05) is 14.4 Å². The fraction of sp³-hybridized carbons (Fsp3) is 0.167. The van der Waals surface area contributed by atoms with Crippen LogP contribution in [0.3, 0.4) is 0 Å². The van der Waals surface area contributed by atoms with Crippen molar-refractivity contribution in [3.8, 4) is 0 Å². The minimum absolute atomic E-state index is 0.193. The Morgan fingerprint density at radius 2 is 1.94 bits per heavy atom. The molecule has 1 nitrogen and oxygen atoms in total. The molecular weight excluding hydrogens is 341 g/mol. The molecule has 0 aliphatic rings. The van der Waals surface area contributed by atoms with Crippen LogP contribution in [0.25, 0.3) is 0 Å². The average Bonchev–Trinajstić information content (AvgIpc) is 2.57. The molecule has 1 unspecified atom stereocenters. The van der Waals surface area contributed by atoms with Crippen molar-refractivity contribution in [1.82, 2.24) is 0 Å². The number of thiophene rings is 1. The number of rotatable bonds is 2. The third-order valence-electron chi connectivity index (χ3n) is 2.43. The molecule has 90 valence electrons. The van der Waals surface area contributed by atoms with Gasteiger partial charge in [-0.1, -0.05) is 39.1 Å². The van der Waals surface area contributed by atoms with Gasteiger partial charge >= 0.3 is 0 Å². The van der Waals surface area contributed by atoms with Gasteiger partial charge in [-0.25, -0.2) is 0 Å².